The Morgan fingerprint density at radius 3 is 2.78 bits per heavy atom. The van der Waals surface area contributed by atoms with Crippen LogP contribution in [0.15, 0.2) is 22.3 Å². The third-order valence-corrected chi connectivity index (χ3v) is 5.78. The zero-order valence-corrected chi connectivity index (χ0v) is 11.0. The maximum absolute atomic E-state index is 11.7. The molecule has 4 aliphatic rings. The Labute approximate surface area is 107 Å². The van der Waals surface area contributed by atoms with Crippen LogP contribution >= 0.6 is 0 Å². The number of esters is 1. The van der Waals surface area contributed by atoms with Gasteiger partial charge in [-0.15, -0.1) is 0 Å². The smallest absolute Gasteiger partial charge is 0.336 e. The minimum atomic E-state index is -1.32. The van der Waals surface area contributed by atoms with E-state index in [4.69, 9.17) is 4.74 Å². The summed E-state index contributed by atoms with van der Waals surface area (Å²) in [6.45, 7) is 6.23. The van der Waals surface area contributed by atoms with Crippen LogP contribution in [0.5, 0.6) is 0 Å². The maximum Gasteiger partial charge on any atom is 0.336 e. The van der Waals surface area contributed by atoms with Crippen molar-refractivity contribution in [1.82, 2.24) is 0 Å². The Morgan fingerprint density at radius 2 is 2.06 bits per heavy atom. The summed E-state index contributed by atoms with van der Waals surface area (Å²) < 4.78 is 5.26. The molecular weight excluding hydrogens is 228 g/mol. The van der Waals surface area contributed by atoms with Crippen molar-refractivity contribution in [1.29, 1.82) is 0 Å². The number of rotatable bonds is 0. The van der Waals surface area contributed by atoms with Gasteiger partial charge in [-0.2, -0.15) is 0 Å². The first-order chi connectivity index (χ1) is 8.37. The van der Waals surface area contributed by atoms with E-state index in [1.165, 1.54) is 17.6 Å². The number of aliphatic hydroxyl groups is 1. The van der Waals surface area contributed by atoms with E-state index in [1.54, 1.807) is 6.92 Å². The van der Waals surface area contributed by atoms with Gasteiger partial charge in [0.1, 0.15) is 0 Å². The first kappa shape index (κ1) is 10.8. The summed E-state index contributed by atoms with van der Waals surface area (Å²) in [7, 11) is 0. The molecule has 0 amide bonds. The Hall–Kier alpha value is -1.09. The number of hydrogen-bond donors (Lipinski definition) is 1. The molecule has 1 N–H and O–H groups in total. The Balaban J connectivity index is 1.87. The molecule has 0 unspecified atom stereocenters. The summed E-state index contributed by atoms with van der Waals surface area (Å²) in [4.78, 5) is 11.7. The molecule has 0 bridgehead atoms. The quantitative estimate of drug-likeness (QED) is 0.527. The highest BCUT2D eigenvalue weighted by Gasteiger charge is 2.65. The van der Waals surface area contributed by atoms with Gasteiger partial charge in [-0.05, 0) is 43.9 Å². The first-order valence-corrected chi connectivity index (χ1v) is 6.73. The van der Waals surface area contributed by atoms with Crippen LogP contribution in [0.1, 0.15) is 40.0 Å². The number of carbonyl (C=O) groups is 1. The summed E-state index contributed by atoms with van der Waals surface area (Å²) in [5.41, 5.74) is 4.42. The molecule has 1 heterocycles. The number of hydrogen-bond acceptors (Lipinski definition) is 3. The second-order valence-corrected chi connectivity index (χ2v) is 6.66. The summed E-state index contributed by atoms with van der Waals surface area (Å²) >= 11 is 0. The summed E-state index contributed by atoms with van der Waals surface area (Å²) in [6.07, 6.45) is 2.52. The normalized spacial score (nSPS) is 49.0. The minimum Gasteiger partial charge on any atom is -0.426 e. The third kappa shape index (κ3) is 0.993. The van der Waals surface area contributed by atoms with Gasteiger partial charge in [0.15, 0.2) is 0 Å². The SMILES string of the molecule is CC1=C2CC3=C(C)[C@H]4C[C@H]4[C@]3(C)C[C@]2(O)OC1=O. The van der Waals surface area contributed by atoms with E-state index in [2.05, 4.69) is 13.8 Å². The maximum atomic E-state index is 11.7. The minimum absolute atomic E-state index is 0.0396. The van der Waals surface area contributed by atoms with Crippen molar-refractivity contribution in [2.45, 2.75) is 45.8 Å². The fourth-order valence-electron chi connectivity index (χ4n) is 4.65. The van der Waals surface area contributed by atoms with Gasteiger partial charge in [0.2, 0.25) is 5.79 Å². The van der Waals surface area contributed by atoms with Crippen LogP contribution in [0.4, 0.5) is 0 Å². The Morgan fingerprint density at radius 1 is 1.33 bits per heavy atom. The van der Waals surface area contributed by atoms with Gasteiger partial charge in [0.05, 0.1) is 0 Å². The van der Waals surface area contributed by atoms with Crippen LogP contribution < -0.4 is 0 Å². The highest BCUT2D eigenvalue weighted by molar-refractivity contribution is 5.92. The molecule has 18 heavy (non-hydrogen) atoms. The summed E-state index contributed by atoms with van der Waals surface area (Å²) in [5, 5.41) is 10.7. The average Bonchev–Trinajstić information content (AvgIpc) is 2.99. The second kappa shape index (κ2) is 2.74. The zero-order chi connectivity index (χ0) is 12.9. The molecule has 4 rings (SSSR count). The molecule has 96 valence electrons. The topological polar surface area (TPSA) is 46.5 Å². The van der Waals surface area contributed by atoms with E-state index >= 15 is 0 Å². The molecule has 1 aliphatic heterocycles. The first-order valence-electron chi connectivity index (χ1n) is 6.73. The number of ether oxygens (including phenoxy) is 1. The van der Waals surface area contributed by atoms with Crippen molar-refractivity contribution in [3.63, 3.8) is 0 Å². The van der Waals surface area contributed by atoms with Crippen molar-refractivity contribution in [3.05, 3.63) is 22.3 Å². The van der Waals surface area contributed by atoms with E-state index in [0.29, 0.717) is 17.9 Å². The van der Waals surface area contributed by atoms with Crippen molar-refractivity contribution in [3.8, 4) is 0 Å². The summed E-state index contributed by atoms with van der Waals surface area (Å²) in [6, 6.07) is 0. The van der Waals surface area contributed by atoms with Crippen molar-refractivity contribution in [2.24, 2.45) is 17.3 Å². The standard InChI is InChI=1S/C15H18O3/c1-7-9-4-12(9)14(3)6-15(17)11(5-10(7)14)8(2)13(16)18-15/h9,12,17H,4-6H2,1-3H3/t9-,12-,14-,15+/m1/s1. The molecule has 3 nitrogen and oxygen atoms in total. The van der Waals surface area contributed by atoms with Crippen LogP contribution in [0.25, 0.3) is 0 Å². The van der Waals surface area contributed by atoms with Crippen LogP contribution in [0.2, 0.25) is 0 Å². The van der Waals surface area contributed by atoms with Crippen LogP contribution in [0.3, 0.4) is 0 Å². The molecule has 4 atom stereocenters. The lowest BCUT2D eigenvalue weighted by Gasteiger charge is -2.43. The van der Waals surface area contributed by atoms with E-state index in [0.717, 1.165) is 17.9 Å². The molecular formula is C15H18O3. The predicted molar refractivity (Wildman–Crippen MR) is 65.4 cm³/mol. The zero-order valence-electron chi connectivity index (χ0n) is 11.0. The molecule has 0 aromatic carbocycles. The Bertz CT molecular complexity index is 556. The van der Waals surface area contributed by atoms with Crippen molar-refractivity contribution in [2.75, 3.05) is 0 Å². The van der Waals surface area contributed by atoms with E-state index in [9.17, 15) is 9.90 Å². The lowest BCUT2D eigenvalue weighted by molar-refractivity contribution is -0.194. The number of fused-ring (bicyclic) bond motifs is 4. The average molecular weight is 246 g/mol. The molecule has 0 saturated heterocycles. The number of carbonyl (C=O) groups excluding carboxylic acids is 1. The highest BCUT2D eigenvalue weighted by Crippen LogP contribution is 2.70. The summed E-state index contributed by atoms with van der Waals surface area (Å²) in [5.74, 6) is -0.277. The molecule has 3 aliphatic carbocycles. The molecule has 2 fully saturated rings. The van der Waals surface area contributed by atoms with Gasteiger partial charge in [-0.3, -0.25) is 0 Å². The fourth-order valence-corrected chi connectivity index (χ4v) is 4.65. The van der Waals surface area contributed by atoms with E-state index in [1.807, 2.05) is 0 Å². The third-order valence-electron chi connectivity index (χ3n) is 5.78. The second-order valence-electron chi connectivity index (χ2n) is 6.66. The fraction of sp³-hybridized carbons (Fsp3) is 0.667. The van der Waals surface area contributed by atoms with Gasteiger partial charge in [0.25, 0.3) is 0 Å². The van der Waals surface area contributed by atoms with Gasteiger partial charge in [0, 0.05) is 17.6 Å². The van der Waals surface area contributed by atoms with Crippen LogP contribution in [-0.2, 0) is 9.53 Å². The highest BCUT2D eigenvalue weighted by atomic mass is 16.7. The van der Waals surface area contributed by atoms with Crippen molar-refractivity contribution < 1.29 is 14.6 Å². The predicted octanol–water partition coefficient (Wildman–Crippen LogP) is 2.31. The van der Waals surface area contributed by atoms with Crippen LogP contribution in [0, 0.1) is 17.3 Å². The van der Waals surface area contributed by atoms with Gasteiger partial charge in [-0.1, -0.05) is 18.1 Å². The van der Waals surface area contributed by atoms with Gasteiger partial charge < -0.3 is 9.84 Å². The van der Waals surface area contributed by atoms with Gasteiger partial charge in [-0.25, -0.2) is 4.79 Å². The van der Waals surface area contributed by atoms with E-state index in [-0.39, 0.29) is 11.4 Å². The Kier molecular flexibility index (Phi) is 1.65. The number of allylic oxidation sites excluding steroid dienone is 2. The lowest BCUT2D eigenvalue weighted by atomic mass is 9.65. The molecule has 0 aromatic heterocycles. The molecule has 0 aromatic rings. The van der Waals surface area contributed by atoms with Gasteiger partial charge >= 0.3 is 5.97 Å². The van der Waals surface area contributed by atoms with Crippen LogP contribution in [-0.4, -0.2) is 16.9 Å². The monoisotopic (exact) mass is 246 g/mol. The molecule has 0 spiro atoms. The lowest BCUT2D eigenvalue weighted by Crippen LogP contribution is -2.43. The van der Waals surface area contributed by atoms with E-state index < -0.39 is 5.79 Å². The largest absolute Gasteiger partial charge is 0.426 e. The molecule has 3 heteroatoms. The molecule has 0 radical (unpaired) electrons. The molecule has 2 saturated carbocycles. The van der Waals surface area contributed by atoms with Crippen molar-refractivity contribution >= 4 is 5.97 Å².